The van der Waals surface area contributed by atoms with E-state index in [9.17, 15) is 9.59 Å². The SMILES string of the molecule is O=C(O)CC1(NC(=O)c2cc3ccc(Br)cc3[nH]2)CCOCC1. The predicted octanol–water partition coefficient (Wildman–Crippen LogP) is 2.68. The summed E-state index contributed by atoms with van der Waals surface area (Å²) in [5.41, 5.74) is 0.525. The number of carbonyl (C=O) groups is 2. The molecule has 23 heavy (non-hydrogen) atoms. The number of carboxylic acids is 1. The summed E-state index contributed by atoms with van der Waals surface area (Å²) in [6, 6.07) is 7.48. The third kappa shape index (κ3) is 3.56. The van der Waals surface area contributed by atoms with Crippen molar-refractivity contribution in [2.24, 2.45) is 0 Å². The van der Waals surface area contributed by atoms with Crippen molar-refractivity contribution in [2.45, 2.75) is 24.8 Å². The van der Waals surface area contributed by atoms with Crippen LogP contribution in [0.3, 0.4) is 0 Å². The zero-order valence-electron chi connectivity index (χ0n) is 12.4. The van der Waals surface area contributed by atoms with Crippen molar-refractivity contribution >= 4 is 38.7 Å². The van der Waals surface area contributed by atoms with Crippen LogP contribution in [0.5, 0.6) is 0 Å². The second-order valence-electron chi connectivity index (χ2n) is 5.83. The van der Waals surface area contributed by atoms with Crippen LogP contribution in [0, 0.1) is 0 Å². The summed E-state index contributed by atoms with van der Waals surface area (Å²) < 4.78 is 6.22. The predicted molar refractivity (Wildman–Crippen MR) is 88.5 cm³/mol. The maximum Gasteiger partial charge on any atom is 0.305 e. The molecule has 1 aromatic carbocycles. The van der Waals surface area contributed by atoms with Gasteiger partial charge in [0.05, 0.1) is 12.0 Å². The van der Waals surface area contributed by atoms with Gasteiger partial charge in [0.25, 0.3) is 5.91 Å². The number of H-pyrrole nitrogens is 1. The third-order valence-electron chi connectivity index (χ3n) is 4.15. The minimum absolute atomic E-state index is 0.103. The van der Waals surface area contributed by atoms with E-state index in [-0.39, 0.29) is 12.3 Å². The smallest absolute Gasteiger partial charge is 0.305 e. The number of rotatable bonds is 4. The normalized spacial score (nSPS) is 17.1. The van der Waals surface area contributed by atoms with Crippen molar-refractivity contribution in [3.05, 3.63) is 34.4 Å². The van der Waals surface area contributed by atoms with Crippen molar-refractivity contribution in [2.75, 3.05) is 13.2 Å². The van der Waals surface area contributed by atoms with Gasteiger partial charge in [0, 0.05) is 28.6 Å². The molecule has 6 nitrogen and oxygen atoms in total. The Hall–Kier alpha value is -1.86. The van der Waals surface area contributed by atoms with Crippen LogP contribution < -0.4 is 5.32 Å². The Kier molecular flexibility index (Phi) is 4.41. The lowest BCUT2D eigenvalue weighted by Gasteiger charge is -2.36. The molecular formula is C16H17BrN2O4. The number of aromatic amines is 1. The van der Waals surface area contributed by atoms with E-state index in [0.717, 1.165) is 15.4 Å². The number of hydrogen-bond donors (Lipinski definition) is 3. The van der Waals surface area contributed by atoms with Crippen LogP contribution >= 0.6 is 15.9 Å². The van der Waals surface area contributed by atoms with Crippen LogP contribution in [0.25, 0.3) is 10.9 Å². The highest BCUT2D eigenvalue weighted by Gasteiger charge is 2.36. The largest absolute Gasteiger partial charge is 0.481 e. The van der Waals surface area contributed by atoms with E-state index in [1.54, 1.807) is 6.07 Å². The number of carbonyl (C=O) groups excluding carboxylic acids is 1. The molecule has 0 unspecified atom stereocenters. The van der Waals surface area contributed by atoms with Gasteiger partial charge in [0.1, 0.15) is 5.69 Å². The number of amides is 1. The monoisotopic (exact) mass is 380 g/mol. The van der Waals surface area contributed by atoms with Gasteiger partial charge in [-0.1, -0.05) is 22.0 Å². The fourth-order valence-corrected chi connectivity index (χ4v) is 3.29. The van der Waals surface area contributed by atoms with Gasteiger partial charge in [0.2, 0.25) is 0 Å². The minimum Gasteiger partial charge on any atom is -0.481 e. The molecule has 3 rings (SSSR count). The van der Waals surface area contributed by atoms with Crippen LogP contribution in [0.2, 0.25) is 0 Å². The lowest BCUT2D eigenvalue weighted by Crippen LogP contribution is -2.53. The first-order chi connectivity index (χ1) is 11.0. The number of carboxylic acid groups (broad SMARTS) is 1. The highest BCUT2D eigenvalue weighted by molar-refractivity contribution is 9.10. The second-order valence-corrected chi connectivity index (χ2v) is 6.75. The molecule has 2 aromatic rings. The number of aliphatic carboxylic acids is 1. The summed E-state index contributed by atoms with van der Waals surface area (Å²) in [6.45, 7) is 0.903. The number of nitrogens with one attached hydrogen (secondary N) is 2. The lowest BCUT2D eigenvalue weighted by atomic mass is 9.86. The Bertz CT molecular complexity index is 750. The first-order valence-electron chi connectivity index (χ1n) is 7.38. The van der Waals surface area contributed by atoms with Gasteiger partial charge >= 0.3 is 5.97 Å². The maximum absolute atomic E-state index is 12.6. The fourth-order valence-electron chi connectivity index (χ4n) is 2.93. The first kappa shape index (κ1) is 16.0. The van der Waals surface area contributed by atoms with Crippen molar-refractivity contribution in [1.29, 1.82) is 0 Å². The third-order valence-corrected chi connectivity index (χ3v) is 4.64. The van der Waals surface area contributed by atoms with Crippen molar-refractivity contribution in [3.8, 4) is 0 Å². The van der Waals surface area contributed by atoms with E-state index in [2.05, 4.69) is 26.2 Å². The minimum atomic E-state index is -0.923. The van der Waals surface area contributed by atoms with E-state index in [1.165, 1.54) is 0 Å². The Labute approximate surface area is 141 Å². The molecule has 1 aliphatic heterocycles. The molecule has 1 amide bonds. The number of hydrogen-bond acceptors (Lipinski definition) is 3. The quantitative estimate of drug-likeness (QED) is 0.760. The Morgan fingerprint density at radius 2 is 2.04 bits per heavy atom. The van der Waals surface area contributed by atoms with Crippen LogP contribution in [0.1, 0.15) is 29.8 Å². The van der Waals surface area contributed by atoms with Crippen molar-refractivity contribution in [1.82, 2.24) is 10.3 Å². The molecule has 3 N–H and O–H groups in total. The molecule has 1 saturated heterocycles. The molecule has 0 aliphatic carbocycles. The average molecular weight is 381 g/mol. The molecule has 0 radical (unpaired) electrons. The average Bonchev–Trinajstić information content (AvgIpc) is 2.90. The van der Waals surface area contributed by atoms with Gasteiger partial charge in [0.15, 0.2) is 0 Å². The fraction of sp³-hybridized carbons (Fsp3) is 0.375. The molecule has 0 bridgehead atoms. The Morgan fingerprint density at radius 1 is 1.30 bits per heavy atom. The standard InChI is InChI=1S/C16H17BrN2O4/c17-11-2-1-10-7-13(18-12(10)8-11)15(22)19-16(9-14(20)21)3-5-23-6-4-16/h1-2,7-8,18H,3-6,9H2,(H,19,22)(H,20,21). The Balaban J connectivity index is 1.83. The summed E-state index contributed by atoms with van der Waals surface area (Å²) in [5, 5.41) is 13.0. The molecular weight excluding hydrogens is 364 g/mol. The van der Waals surface area contributed by atoms with Crippen LogP contribution in [0.15, 0.2) is 28.7 Å². The lowest BCUT2D eigenvalue weighted by molar-refractivity contribution is -0.139. The van der Waals surface area contributed by atoms with E-state index in [4.69, 9.17) is 9.84 Å². The summed E-state index contributed by atoms with van der Waals surface area (Å²) >= 11 is 3.39. The zero-order chi connectivity index (χ0) is 16.4. The second kappa shape index (κ2) is 6.33. The molecule has 122 valence electrons. The van der Waals surface area contributed by atoms with Crippen LogP contribution in [-0.4, -0.2) is 40.7 Å². The summed E-state index contributed by atoms with van der Waals surface area (Å²) in [5.74, 6) is -1.21. The number of aromatic nitrogens is 1. The summed E-state index contributed by atoms with van der Waals surface area (Å²) in [4.78, 5) is 26.8. The molecule has 0 atom stereocenters. The number of ether oxygens (including phenoxy) is 1. The highest BCUT2D eigenvalue weighted by atomic mass is 79.9. The topological polar surface area (TPSA) is 91.4 Å². The molecule has 1 fully saturated rings. The number of fused-ring (bicyclic) bond motifs is 1. The molecule has 0 saturated carbocycles. The van der Waals surface area contributed by atoms with Gasteiger partial charge in [-0.2, -0.15) is 0 Å². The number of halogens is 1. The Morgan fingerprint density at radius 3 is 2.74 bits per heavy atom. The zero-order valence-corrected chi connectivity index (χ0v) is 14.0. The molecule has 0 spiro atoms. The van der Waals surface area contributed by atoms with E-state index >= 15 is 0 Å². The first-order valence-corrected chi connectivity index (χ1v) is 8.17. The van der Waals surface area contributed by atoms with Gasteiger partial charge < -0.3 is 20.1 Å². The number of benzene rings is 1. The van der Waals surface area contributed by atoms with Gasteiger partial charge in [-0.3, -0.25) is 9.59 Å². The van der Waals surface area contributed by atoms with E-state index in [1.807, 2.05) is 18.2 Å². The molecule has 2 heterocycles. The summed E-state index contributed by atoms with van der Waals surface area (Å²) in [7, 11) is 0. The maximum atomic E-state index is 12.6. The van der Waals surface area contributed by atoms with Gasteiger partial charge in [-0.15, -0.1) is 0 Å². The van der Waals surface area contributed by atoms with E-state index < -0.39 is 11.5 Å². The molecule has 1 aromatic heterocycles. The molecule has 1 aliphatic rings. The van der Waals surface area contributed by atoms with Gasteiger partial charge in [-0.05, 0) is 31.0 Å². The van der Waals surface area contributed by atoms with Crippen LogP contribution in [0.4, 0.5) is 0 Å². The molecule has 7 heteroatoms. The highest BCUT2D eigenvalue weighted by Crippen LogP contribution is 2.26. The summed E-state index contributed by atoms with van der Waals surface area (Å²) in [6.07, 6.45) is 0.890. The van der Waals surface area contributed by atoms with Crippen molar-refractivity contribution < 1.29 is 19.4 Å². The van der Waals surface area contributed by atoms with Gasteiger partial charge in [-0.25, -0.2) is 0 Å². The van der Waals surface area contributed by atoms with E-state index in [0.29, 0.717) is 31.7 Å². The van der Waals surface area contributed by atoms with Crippen molar-refractivity contribution in [3.63, 3.8) is 0 Å². The van der Waals surface area contributed by atoms with Crippen LogP contribution in [-0.2, 0) is 9.53 Å².